The van der Waals surface area contributed by atoms with E-state index in [-0.39, 0.29) is 16.1 Å². The highest BCUT2D eigenvalue weighted by atomic mass is 32.1. The molecule has 0 fully saturated rings. The lowest BCUT2D eigenvalue weighted by atomic mass is 10.2. The van der Waals surface area contributed by atoms with Gasteiger partial charge in [0.05, 0.1) is 24.2 Å². The molecule has 3 rings (SSSR count). The monoisotopic (exact) mass is 327 g/mol. The normalized spacial score (nSPS) is 11.2. The van der Waals surface area contributed by atoms with Crippen molar-refractivity contribution >= 4 is 29.3 Å². The molecule has 0 radical (unpaired) electrons. The van der Waals surface area contributed by atoms with Crippen molar-refractivity contribution in [3.05, 3.63) is 63.2 Å². The average molecular weight is 327 g/mol. The molecule has 0 amide bonds. The highest BCUT2D eigenvalue weighted by Crippen LogP contribution is 2.21. The SMILES string of the molecule is COc1ccc(O)c(/C=N/n2c(=S)[nH]c3ccccc3c2=O)c1. The van der Waals surface area contributed by atoms with E-state index in [1.807, 2.05) is 6.07 Å². The summed E-state index contributed by atoms with van der Waals surface area (Å²) in [6.07, 6.45) is 1.36. The predicted octanol–water partition coefficient (Wildman–Crippen LogP) is 2.66. The largest absolute Gasteiger partial charge is 0.507 e. The van der Waals surface area contributed by atoms with Crippen LogP contribution in [0.5, 0.6) is 11.5 Å². The third-order valence-electron chi connectivity index (χ3n) is 3.33. The van der Waals surface area contributed by atoms with Crippen molar-refractivity contribution in [2.75, 3.05) is 7.11 Å². The fraction of sp³-hybridized carbons (Fsp3) is 0.0625. The molecule has 116 valence electrons. The number of H-pyrrole nitrogens is 1. The first-order chi connectivity index (χ1) is 11.1. The Labute approximate surface area is 136 Å². The first-order valence-electron chi connectivity index (χ1n) is 6.75. The lowest BCUT2D eigenvalue weighted by Gasteiger charge is -2.04. The summed E-state index contributed by atoms with van der Waals surface area (Å²) in [4.78, 5) is 15.4. The number of para-hydroxylation sites is 1. The second kappa shape index (κ2) is 6.05. The number of phenolic OH excluding ortho intramolecular Hbond substituents is 1. The number of nitrogens with one attached hydrogen (secondary N) is 1. The molecule has 0 aliphatic carbocycles. The van der Waals surface area contributed by atoms with Gasteiger partial charge in [0.25, 0.3) is 5.56 Å². The van der Waals surface area contributed by atoms with Gasteiger partial charge in [-0.05, 0) is 42.5 Å². The molecular formula is C16H13N3O3S. The minimum Gasteiger partial charge on any atom is -0.507 e. The lowest BCUT2D eigenvalue weighted by Crippen LogP contribution is -2.18. The number of fused-ring (bicyclic) bond motifs is 1. The van der Waals surface area contributed by atoms with Gasteiger partial charge in [0.1, 0.15) is 11.5 Å². The maximum Gasteiger partial charge on any atom is 0.282 e. The van der Waals surface area contributed by atoms with Gasteiger partial charge in [-0.15, -0.1) is 0 Å². The predicted molar refractivity (Wildman–Crippen MR) is 91.0 cm³/mol. The molecular weight excluding hydrogens is 314 g/mol. The van der Waals surface area contributed by atoms with E-state index >= 15 is 0 Å². The third-order valence-corrected chi connectivity index (χ3v) is 3.61. The van der Waals surface area contributed by atoms with Crippen molar-refractivity contribution in [1.29, 1.82) is 0 Å². The van der Waals surface area contributed by atoms with Gasteiger partial charge in [0.15, 0.2) is 0 Å². The summed E-state index contributed by atoms with van der Waals surface area (Å²) in [5, 5.41) is 14.4. The molecule has 0 saturated heterocycles. The molecule has 0 atom stereocenters. The van der Waals surface area contributed by atoms with Crippen molar-refractivity contribution in [3.8, 4) is 11.5 Å². The molecule has 6 nitrogen and oxygen atoms in total. The Hall–Kier alpha value is -2.93. The zero-order valence-electron chi connectivity index (χ0n) is 12.2. The van der Waals surface area contributed by atoms with Gasteiger partial charge in [-0.1, -0.05) is 12.1 Å². The molecule has 2 N–H and O–H groups in total. The summed E-state index contributed by atoms with van der Waals surface area (Å²) in [6.45, 7) is 0. The zero-order chi connectivity index (χ0) is 16.4. The highest BCUT2D eigenvalue weighted by molar-refractivity contribution is 7.71. The van der Waals surface area contributed by atoms with Crippen LogP contribution in [0.3, 0.4) is 0 Å². The number of hydrogen-bond acceptors (Lipinski definition) is 5. The molecule has 0 aliphatic heterocycles. The molecule has 1 aromatic heterocycles. The minimum atomic E-state index is -0.331. The van der Waals surface area contributed by atoms with E-state index in [2.05, 4.69) is 10.1 Å². The second-order valence-electron chi connectivity index (χ2n) is 4.76. The van der Waals surface area contributed by atoms with Crippen LogP contribution in [0.1, 0.15) is 5.56 Å². The smallest absolute Gasteiger partial charge is 0.282 e. The molecule has 0 aliphatic rings. The van der Waals surface area contributed by atoms with Crippen molar-refractivity contribution in [1.82, 2.24) is 9.66 Å². The Bertz CT molecular complexity index is 1020. The Balaban J connectivity index is 2.12. The molecule has 2 aromatic carbocycles. The van der Waals surface area contributed by atoms with Crippen LogP contribution < -0.4 is 10.3 Å². The van der Waals surface area contributed by atoms with Crippen molar-refractivity contribution < 1.29 is 9.84 Å². The van der Waals surface area contributed by atoms with Crippen LogP contribution in [0.2, 0.25) is 0 Å². The fourth-order valence-corrected chi connectivity index (χ4v) is 2.38. The number of aromatic nitrogens is 2. The van der Waals surface area contributed by atoms with Gasteiger partial charge in [0, 0.05) is 5.56 Å². The summed E-state index contributed by atoms with van der Waals surface area (Å²) in [6, 6.07) is 11.8. The summed E-state index contributed by atoms with van der Waals surface area (Å²) in [5.41, 5.74) is 0.736. The van der Waals surface area contributed by atoms with Crippen molar-refractivity contribution in [3.63, 3.8) is 0 Å². The van der Waals surface area contributed by atoms with Gasteiger partial charge in [0.2, 0.25) is 4.77 Å². The first-order valence-corrected chi connectivity index (χ1v) is 7.16. The number of ether oxygens (including phenoxy) is 1. The summed E-state index contributed by atoms with van der Waals surface area (Å²) in [5.74, 6) is 0.596. The molecule has 0 saturated carbocycles. The van der Waals surface area contributed by atoms with Gasteiger partial charge in [-0.25, -0.2) is 0 Å². The molecule has 0 unspecified atom stereocenters. The molecule has 0 spiro atoms. The number of nitrogens with zero attached hydrogens (tertiary/aromatic N) is 2. The topological polar surface area (TPSA) is 79.6 Å². The van der Waals surface area contributed by atoms with E-state index < -0.39 is 0 Å². The zero-order valence-corrected chi connectivity index (χ0v) is 13.0. The number of rotatable bonds is 3. The number of hydrogen-bond donors (Lipinski definition) is 2. The van der Waals surface area contributed by atoms with Gasteiger partial charge < -0.3 is 14.8 Å². The highest BCUT2D eigenvalue weighted by Gasteiger charge is 2.05. The van der Waals surface area contributed by atoms with Crippen LogP contribution in [0.15, 0.2) is 52.4 Å². The maximum atomic E-state index is 12.5. The maximum absolute atomic E-state index is 12.5. The minimum absolute atomic E-state index is 0.0262. The van der Waals surface area contributed by atoms with E-state index in [1.165, 1.54) is 19.4 Å². The van der Waals surface area contributed by atoms with Crippen LogP contribution in [-0.4, -0.2) is 28.1 Å². The summed E-state index contributed by atoms with van der Waals surface area (Å²) >= 11 is 5.17. The van der Waals surface area contributed by atoms with E-state index in [0.717, 1.165) is 4.68 Å². The standard InChI is InChI=1S/C16H13N3O3S/c1-22-11-6-7-14(20)10(8-11)9-17-19-15(21)12-4-2-3-5-13(12)18-16(19)23/h2-9,20H,1H3,(H,18,23)/b17-9+. The third kappa shape index (κ3) is 2.86. The Morgan fingerprint density at radius 3 is 2.87 bits per heavy atom. The Morgan fingerprint density at radius 2 is 2.09 bits per heavy atom. The summed E-state index contributed by atoms with van der Waals surface area (Å²) in [7, 11) is 1.53. The van der Waals surface area contributed by atoms with Crippen LogP contribution in [0, 0.1) is 4.77 Å². The van der Waals surface area contributed by atoms with E-state index in [9.17, 15) is 9.90 Å². The molecule has 3 aromatic rings. The Kier molecular flexibility index (Phi) is 3.94. The van der Waals surface area contributed by atoms with Crippen molar-refractivity contribution in [2.45, 2.75) is 0 Å². The van der Waals surface area contributed by atoms with E-state index in [4.69, 9.17) is 17.0 Å². The molecule has 7 heteroatoms. The Morgan fingerprint density at radius 1 is 1.30 bits per heavy atom. The fourth-order valence-electron chi connectivity index (χ4n) is 2.14. The number of aromatic amines is 1. The van der Waals surface area contributed by atoms with Crippen LogP contribution in [0.25, 0.3) is 10.9 Å². The quantitative estimate of drug-likeness (QED) is 0.572. The molecule has 23 heavy (non-hydrogen) atoms. The number of benzene rings is 2. The average Bonchev–Trinajstić information content (AvgIpc) is 2.56. The molecule has 0 bridgehead atoms. The number of methoxy groups -OCH3 is 1. The van der Waals surface area contributed by atoms with E-state index in [1.54, 1.807) is 30.3 Å². The van der Waals surface area contributed by atoms with Crippen molar-refractivity contribution in [2.24, 2.45) is 5.10 Å². The lowest BCUT2D eigenvalue weighted by molar-refractivity contribution is 0.412. The molecule has 1 heterocycles. The number of aromatic hydroxyl groups is 1. The van der Waals surface area contributed by atoms with Gasteiger partial charge in [-0.3, -0.25) is 4.79 Å². The van der Waals surface area contributed by atoms with Crippen LogP contribution >= 0.6 is 12.2 Å². The van der Waals surface area contributed by atoms with Gasteiger partial charge in [-0.2, -0.15) is 9.78 Å². The van der Waals surface area contributed by atoms with E-state index in [0.29, 0.717) is 22.2 Å². The van der Waals surface area contributed by atoms with Gasteiger partial charge >= 0.3 is 0 Å². The summed E-state index contributed by atoms with van der Waals surface area (Å²) < 4.78 is 6.35. The second-order valence-corrected chi connectivity index (χ2v) is 5.15. The first kappa shape index (κ1) is 15.0. The number of phenols is 1. The van der Waals surface area contributed by atoms with Crippen LogP contribution in [0.4, 0.5) is 0 Å². The van der Waals surface area contributed by atoms with Crippen LogP contribution in [-0.2, 0) is 0 Å².